The molecule has 0 aromatic rings. The van der Waals surface area contributed by atoms with E-state index in [9.17, 15) is 0 Å². The first-order valence-electron chi connectivity index (χ1n) is 6.26. The number of nitrogens with two attached hydrogens (primary N) is 1. The molecule has 1 aliphatic carbocycles. The largest absolute Gasteiger partial charge is 0.330 e. The maximum absolute atomic E-state index is 5.94. The summed E-state index contributed by atoms with van der Waals surface area (Å²) in [5, 5.41) is 0. The smallest absolute Gasteiger partial charge is 0.00412 e. The molecule has 1 nitrogen and oxygen atoms in total. The third kappa shape index (κ3) is 3.27. The summed E-state index contributed by atoms with van der Waals surface area (Å²) >= 11 is 0. The van der Waals surface area contributed by atoms with Crippen molar-refractivity contribution >= 4 is 0 Å². The van der Waals surface area contributed by atoms with Crippen LogP contribution < -0.4 is 5.73 Å². The average molecular weight is 197 g/mol. The summed E-state index contributed by atoms with van der Waals surface area (Å²) in [6, 6.07) is 0. The van der Waals surface area contributed by atoms with Crippen molar-refractivity contribution in [2.45, 2.75) is 59.3 Å². The van der Waals surface area contributed by atoms with Gasteiger partial charge in [0.15, 0.2) is 0 Å². The van der Waals surface area contributed by atoms with Gasteiger partial charge < -0.3 is 5.73 Å². The van der Waals surface area contributed by atoms with E-state index in [2.05, 4.69) is 20.8 Å². The first kappa shape index (κ1) is 12.0. The monoisotopic (exact) mass is 197 g/mol. The lowest BCUT2D eigenvalue weighted by atomic mass is 9.71. The van der Waals surface area contributed by atoms with Crippen LogP contribution in [0.2, 0.25) is 0 Å². The summed E-state index contributed by atoms with van der Waals surface area (Å²) < 4.78 is 0. The van der Waals surface area contributed by atoms with Crippen molar-refractivity contribution in [3.05, 3.63) is 0 Å². The van der Waals surface area contributed by atoms with Gasteiger partial charge in [0.25, 0.3) is 0 Å². The highest BCUT2D eigenvalue weighted by atomic mass is 14.6. The van der Waals surface area contributed by atoms with E-state index in [1.54, 1.807) is 0 Å². The van der Waals surface area contributed by atoms with Crippen molar-refractivity contribution in [2.24, 2.45) is 23.0 Å². The van der Waals surface area contributed by atoms with Crippen LogP contribution in [0, 0.1) is 17.3 Å². The summed E-state index contributed by atoms with van der Waals surface area (Å²) in [7, 11) is 0. The summed E-state index contributed by atoms with van der Waals surface area (Å²) in [6.07, 6.45) is 8.57. The van der Waals surface area contributed by atoms with E-state index in [4.69, 9.17) is 5.73 Å². The molecular formula is C13H27N. The zero-order valence-electron chi connectivity index (χ0n) is 10.2. The van der Waals surface area contributed by atoms with E-state index in [0.29, 0.717) is 5.41 Å². The van der Waals surface area contributed by atoms with Crippen LogP contribution in [-0.4, -0.2) is 6.54 Å². The Hall–Kier alpha value is -0.0400. The van der Waals surface area contributed by atoms with Crippen LogP contribution in [0.5, 0.6) is 0 Å². The van der Waals surface area contributed by atoms with Crippen LogP contribution >= 0.6 is 0 Å². The molecule has 0 bridgehead atoms. The maximum atomic E-state index is 5.94. The van der Waals surface area contributed by atoms with Gasteiger partial charge in [-0.2, -0.15) is 0 Å². The Balaban J connectivity index is 2.58. The molecular weight excluding hydrogens is 170 g/mol. The molecule has 0 aliphatic heterocycles. The van der Waals surface area contributed by atoms with Gasteiger partial charge in [-0.25, -0.2) is 0 Å². The zero-order chi connectivity index (χ0) is 10.6. The lowest BCUT2D eigenvalue weighted by Crippen LogP contribution is -2.34. The molecule has 14 heavy (non-hydrogen) atoms. The fraction of sp³-hybridized carbons (Fsp3) is 1.00. The number of hydrogen-bond acceptors (Lipinski definition) is 1. The maximum Gasteiger partial charge on any atom is -0.00412 e. The van der Waals surface area contributed by atoms with Crippen molar-refractivity contribution in [3.63, 3.8) is 0 Å². The topological polar surface area (TPSA) is 26.0 Å². The lowest BCUT2D eigenvalue weighted by molar-refractivity contribution is 0.150. The molecule has 2 N–H and O–H groups in total. The summed E-state index contributed by atoms with van der Waals surface area (Å²) in [4.78, 5) is 0. The molecule has 0 aromatic heterocycles. The van der Waals surface area contributed by atoms with Crippen LogP contribution in [0.1, 0.15) is 59.3 Å². The minimum absolute atomic E-state index is 0.393. The molecule has 0 heterocycles. The SMILES string of the molecule is CC(C)(C)C(CN)C1CCCCCC1. The molecule has 1 rings (SSSR count). The standard InChI is InChI=1S/C13H27N/c1-13(2,3)12(10-14)11-8-6-4-5-7-9-11/h11-12H,4-10,14H2,1-3H3. The quantitative estimate of drug-likeness (QED) is 0.673. The van der Waals surface area contributed by atoms with Crippen LogP contribution in [0.25, 0.3) is 0 Å². The van der Waals surface area contributed by atoms with Crippen molar-refractivity contribution in [1.29, 1.82) is 0 Å². The van der Waals surface area contributed by atoms with Crippen LogP contribution in [0.4, 0.5) is 0 Å². The van der Waals surface area contributed by atoms with Gasteiger partial charge in [0.2, 0.25) is 0 Å². The Morgan fingerprint density at radius 3 is 1.93 bits per heavy atom. The van der Waals surface area contributed by atoms with Crippen molar-refractivity contribution in [1.82, 2.24) is 0 Å². The molecule has 0 spiro atoms. The molecule has 0 radical (unpaired) electrons. The van der Waals surface area contributed by atoms with Gasteiger partial charge in [0.1, 0.15) is 0 Å². The highest BCUT2D eigenvalue weighted by molar-refractivity contribution is 4.82. The van der Waals surface area contributed by atoms with Gasteiger partial charge in [0.05, 0.1) is 0 Å². The van der Waals surface area contributed by atoms with Gasteiger partial charge in [-0.1, -0.05) is 59.3 Å². The first-order valence-corrected chi connectivity index (χ1v) is 6.26. The Bertz CT molecular complexity index is 149. The summed E-state index contributed by atoms with van der Waals surface area (Å²) in [5.41, 5.74) is 6.33. The molecule has 0 saturated heterocycles. The fourth-order valence-electron chi connectivity index (χ4n) is 2.97. The fourth-order valence-corrected chi connectivity index (χ4v) is 2.97. The molecule has 84 valence electrons. The van der Waals surface area contributed by atoms with E-state index in [0.717, 1.165) is 18.4 Å². The Labute approximate surface area is 89.5 Å². The Morgan fingerprint density at radius 1 is 1.07 bits per heavy atom. The minimum atomic E-state index is 0.393. The number of hydrogen-bond donors (Lipinski definition) is 1. The molecule has 0 amide bonds. The second kappa shape index (κ2) is 5.16. The van der Waals surface area contributed by atoms with E-state index >= 15 is 0 Å². The van der Waals surface area contributed by atoms with Crippen LogP contribution in [0.3, 0.4) is 0 Å². The van der Waals surface area contributed by atoms with Gasteiger partial charge in [-0.05, 0) is 23.8 Å². The predicted octanol–water partition coefficient (Wildman–Crippen LogP) is 3.58. The van der Waals surface area contributed by atoms with E-state index in [1.165, 1.54) is 38.5 Å². The minimum Gasteiger partial charge on any atom is -0.330 e. The molecule has 0 aromatic carbocycles. The molecule has 1 atom stereocenters. The van der Waals surface area contributed by atoms with Crippen LogP contribution in [0.15, 0.2) is 0 Å². The lowest BCUT2D eigenvalue weighted by Gasteiger charge is -2.36. The highest BCUT2D eigenvalue weighted by Crippen LogP contribution is 2.38. The summed E-state index contributed by atoms with van der Waals surface area (Å²) in [5.74, 6) is 1.61. The highest BCUT2D eigenvalue weighted by Gasteiger charge is 2.30. The van der Waals surface area contributed by atoms with E-state index < -0.39 is 0 Å². The zero-order valence-corrected chi connectivity index (χ0v) is 10.2. The normalized spacial score (nSPS) is 23.1. The van der Waals surface area contributed by atoms with Gasteiger partial charge >= 0.3 is 0 Å². The Kier molecular flexibility index (Phi) is 4.43. The summed E-state index contributed by atoms with van der Waals surface area (Å²) in [6.45, 7) is 7.90. The van der Waals surface area contributed by atoms with Crippen molar-refractivity contribution < 1.29 is 0 Å². The van der Waals surface area contributed by atoms with Gasteiger partial charge in [0, 0.05) is 0 Å². The molecule has 1 aliphatic rings. The van der Waals surface area contributed by atoms with Gasteiger partial charge in [-0.3, -0.25) is 0 Å². The van der Waals surface area contributed by atoms with E-state index in [1.807, 2.05) is 0 Å². The second-order valence-electron chi connectivity index (χ2n) is 5.96. The van der Waals surface area contributed by atoms with Crippen molar-refractivity contribution in [3.8, 4) is 0 Å². The molecule has 1 unspecified atom stereocenters. The van der Waals surface area contributed by atoms with Crippen LogP contribution in [-0.2, 0) is 0 Å². The van der Waals surface area contributed by atoms with Gasteiger partial charge in [-0.15, -0.1) is 0 Å². The Morgan fingerprint density at radius 2 is 1.57 bits per heavy atom. The van der Waals surface area contributed by atoms with E-state index in [-0.39, 0.29) is 0 Å². The molecule has 1 heteroatoms. The third-order valence-corrected chi connectivity index (χ3v) is 3.84. The van der Waals surface area contributed by atoms with Crippen molar-refractivity contribution in [2.75, 3.05) is 6.54 Å². The third-order valence-electron chi connectivity index (χ3n) is 3.84. The first-order chi connectivity index (χ1) is 6.55. The predicted molar refractivity (Wildman–Crippen MR) is 63.2 cm³/mol. The molecule has 1 saturated carbocycles. The molecule has 1 fully saturated rings. The number of rotatable bonds is 2. The second-order valence-corrected chi connectivity index (χ2v) is 5.96. The average Bonchev–Trinajstić information content (AvgIpc) is 2.31.